The van der Waals surface area contributed by atoms with Crippen molar-refractivity contribution < 1.29 is 4.79 Å². The van der Waals surface area contributed by atoms with Crippen molar-refractivity contribution in [2.75, 3.05) is 0 Å². The van der Waals surface area contributed by atoms with Crippen LogP contribution in [0.1, 0.15) is 16.9 Å². The highest BCUT2D eigenvalue weighted by atomic mass is 32.1. The molecule has 0 aliphatic rings. The lowest BCUT2D eigenvalue weighted by Gasteiger charge is -2.08. The molecule has 0 fully saturated rings. The Bertz CT molecular complexity index is 781. The van der Waals surface area contributed by atoms with Crippen LogP contribution in [0.15, 0.2) is 42.7 Å². The second-order valence-electron chi connectivity index (χ2n) is 4.96. The summed E-state index contributed by atoms with van der Waals surface area (Å²) in [5.41, 5.74) is 0.988. The minimum absolute atomic E-state index is 0.0755. The fourth-order valence-corrected chi connectivity index (χ4v) is 2.90. The van der Waals surface area contributed by atoms with E-state index in [1.165, 1.54) is 11.3 Å². The van der Waals surface area contributed by atoms with Crippen molar-refractivity contribution in [1.29, 1.82) is 0 Å². The number of rotatable bonds is 6. The van der Waals surface area contributed by atoms with Crippen molar-refractivity contribution in [2.45, 2.75) is 26.4 Å². The zero-order valence-electron chi connectivity index (χ0n) is 12.8. The third kappa shape index (κ3) is 3.81. The molecule has 0 spiro atoms. The molecule has 0 unspecified atom stereocenters. The molecule has 0 bridgehead atoms. The number of imidazole rings is 1. The first-order valence-corrected chi connectivity index (χ1v) is 8.22. The molecule has 0 atom stereocenters. The number of aromatic nitrogens is 4. The van der Waals surface area contributed by atoms with Crippen LogP contribution in [0.2, 0.25) is 0 Å². The van der Waals surface area contributed by atoms with Gasteiger partial charge in [-0.05, 0) is 6.42 Å². The largest absolute Gasteiger partial charge is 0.348 e. The molecule has 0 saturated heterocycles. The molecule has 1 N–H and O–H groups in total. The van der Waals surface area contributed by atoms with Gasteiger partial charge in [-0.3, -0.25) is 4.79 Å². The normalized spacial score (nSPS) is 10.7. The molecular formula is C16H17N5OS. The first kappa shape index (κ1) is 15.4. The Morgan fingerprint density at radius 3 is 2.74 bits per heavy atom. The number of carbonyl (C=O) groups is 1. The topological polar surface area (TPSA) is 72.7 Å². The molecule has 0 radical (unpaired) electrons. The summed E-state index contributed by atoms with van der Waals surface area (Å²) in [5, 5.41) is 12.8. The summed E-state index contributed by atoms with van der Waals surface area (Å²) < 4.78 is 1.84. The van der Waals surface area contributed by atoms with Crippen molar-refractivity contribution in [3.05, 3.63) is 52.7 Å². The van der Waals surface area contributed by atoms with E-state index in [1.807, 2.05) is 48.0 Å². The predicted molar refractivity (Wildman–Crippen MR) is 88.8 cm³/mol. The summed E-state index contributed by atoms with van der Waals surface area (Å²) in [4.78, 5) is 16.5. The summed E-state index contributed by atoms with van der Waals surface area (Å²) in [5.74, 6) is 0.707. The van der Waals surface area contributed by atoms with Gasteiger partial charge in [0.2, 0.25) is 5.91 Å². The van der Waals surface area contributed by atoms with E-state index >= 15 is 0 Å². The number of hydrogen-bond acceptors (Lipinski definition) is 5. The number of aryl methyl sites for hydroxylation is 1. The number of benzene rings is 1. The standard InChI is InChI=1S/C16H17N5OS/c1-2-14-19-20-15(23-14)10-18-13(22)11-21-9-8-17-16(21)12-6-4-3-5-7-12/h3-9H,2,10-11H2,1H3,(H,18,22). The summed E-state index contributed by atoms with van der Waals surface area (Å²) in [6, 6.07) is 9.81. The van der Waals surface area contributed by atoms with E-state index in [0.717, 1.165) is 27.8 Å². The molecule has 1 amide bonds. The maximum Gasteiger partial charge on any atom is 0.240 e. The Morgan fingerprint density at radius 1 is 1.22 bits per heavy atom. The average molecular weight is 327 g/mol. The van der Waals surface area contributed by atoms with Gasteiger partial charge in [-0.15, -0.1) is 10.2 Å². The van der Waals surface area contributed by atoms with Gasteiger partial charge in [0.25, 0.3) is 0 Å². The lowest BCUT2D eigenvalue weighted by Crippen LogP contribution is -2.27. The minimum Gasteiger partial charge on any atom is -0.348 e. The van der Waals surface area contributed by atoms with Crippen LogP contribution in [0, 0.1) is 0 Å². The van der Waals surface area contributed by atoms with Crippen LogP contribution in [0.4, 0.5) is 0 Å². The Balaban J connectivity index is 1.61. The van der Waals surface area contributed by atoms with Crippen LogP contribution in [0.5, 0.6) is 0 Å². The first-order valence-electron chi connectivity index (χ1n) is 7.40. The molecule has 0 aliphatic carbocycles. The van der Waals surface area contributed by atoms with Gasteiger partial charge in [-0.1, -0.05) is 48.6 Å². The van der Waals surface area contributed by atoms with Gasteiger partial charge in [-0.25, -0.2) is 4.98 Å². The fraction of sp³-hybridized carbons (Fsp3) is 0.250. The van der Waals surface area contributed by atoms with E-state index < -0.39 is 0 Å². The van der Waals surface area contributed by atoms with Crippen molar-refractivity contribution in [3.63, 3.8) is 0 Å². The van der Waals surface area contributed by atoms with Crippen LogP contribution in [-0.4, -0.2) is 25.7 Å². The number of nitrogens with zero attached hydrogens (tertiary/aromatic N) is 4. The minimum atomic E-state index is -0.0755. The highest BCUT2D eigenvalue weighted by Crippen LogP contribution is 2.16. The first-order chi connectivity index (χ1) is 11.3. The molecule has 23 heavy (non-hydrogen) atoms. The Labute approximate surface area is 138 Å². The van der Waals surface area contributed by atoms with E-state index in [2.05, 4.69) is 20.5 Å². The van der Waals surface area contributed by atoms with Crippen molar-refractivity contribution >= 4 is 17.2 Å². The number of nitrogens with one attached hydrogen (secondary N) is 1. The smallest absolute Gasteiger partial charge is 0.240 e. The number of carbonyl (C=O) groups excluding carboxylic acids is 1. The average Bonchev–Trinajstić information content (AvgIpc) is 3.22. The maximum absolute atomic E-state index is 12.1. The Kier molecular flexibility index (Phi) is 4.77. The third-order valence-electron chi connectivity index (χ3n) is 3.31. The van der Waals surface area contributed by atoms with Gasteiger partial charge in [-0.2, -0.15) is 0 Å². The molecule has 3 aromatic rings. The number of hydrogen-bond donors (Lipinski definition) is 1. The predicted octanol–water partition coefficient (Wildman–Crippen LogP) is 2.28. The highest BCUT2D eigenvalue weighted by molar-refractivity contribution is 7.11. The number of amides is 1. The second-order valence-corrected chi connectivity index (χ2v) is 6.11. The van der Waals surface area contributed by atoms with Gasteiger partial charge in [0.1, 0.15) is 22.4 Å². The van der Waals surface area contributed by atoms with Gasteiger partial charge in [0, 0.05) is 18.0 Å². The third-order valence-corrected chi connectivity index (χ3v) is 4.38. The zero-order chi connectivity index (χ0) is 16.1. The van der Waals surface area contributed by atoms with Crippen LogP contribution < -0.4 is 5.32 Å². The van der Waals surface area contributed by atoms with Crippen LogP contribution >= 0.6 is 11.3 Å². The van der Waals surface area contributed by atoms with E-state index in [9.17, 15) is 4.79 Å². The Morgan fingerprint density at radius 2 is 2.00 bits per heavy atom. The van der Waals surface area contributed by atoms with Gasteiger partial charge >= 0.3 is 0 Å². The van der Waals surface area contributed by atoms with E-state index in [4.69, 9.17) is 0 Å². The molecular weight excluding hydrogens is 310 g/mol. The molecule has 2 aromatic heterocycles. The monoisotopic (exact) mass is 327 g/mol. The molecule has 3 rings (SSSR count). The molecule has 6 nitrogen and oxygen atoms in total. The highest BCUT2D eigenvalue weighted by Gasteiger charge is 2.10. The van der Waals surface area contributed by atoms with Crippen molar-refractivity contribution in [2.24, 2.45) is 0 Å². The summed E-state index contributed by atoms with van der Waals surface area (Å²) in [6.07, 6.45) is 4.37. The molecule has 1 aromatic carbocycles. The molecule has 118 valence electrons. The lowest BCUT2D eigenvalue weighted by atomic mass is 10.2. The van der Waals surface area contributed by atoms with Crippen molar-refractivity contribution in [3.8, 4) is 11.4 Å². The van der Waals surface area contributed by atoms with Crippen LogP contribution in [0.3, 0.4) is 0 Å². The van der Waals surface area contributed by atoms with Gasteiger partial charge in [0.15, 0.2) is 0 Å². The van der Waals surface area contributed by atoms with Crippen molar-refractivity contribution in [1.82, 2.24) is 25.1 Å². The maximum atomic E-state index is 12.1. The quantitative estimate of drug-likeness (QED) is 0.754. The summed E-state index contributed by atoms with van der Waals surface area (Å²) in [6.45, 7) is 2.67. The fourth-order valence-electron chi connectivity index (χ4n) is 2.17. The van der Waals surface area contributed by atoms with E-state index in [1.54, 1.807) is 6.20 Å². The SMILES string of the molecule is CCc1nnc(CNC(=O)Cn2ccnc2-c2ccccc2)s1. The summed E-state index contributed by atoms with van der Waals surface area (Å²) >= 11 is 1.53. The Hall–Kier alpha value is -2.54. The van der Waals surface area contributed by atoms with E-state index in [-0.39, 0.29) is 12.5 Å². The van der Waals surface area contributed by atoms with Gasteiger partial charge in [0.05, 0.1) is 6.54 Å². The van der Waals surface area contributed by atoms with Gasteiger partial charge < -0.3 is 9.88 Å². The second kappa shape index (κ2) is 7.15. The van der Waals surface area contributed by atoms with Crippen LogP contribution in [0.25, 0.3) is 11.4 Å². The molecule has 0 saturated carbocycles. The van der Waals surface area contributed by atoms with Crippen LogP contribution in [-0.2, 0) is 24.3 Å². The van der Waals surface area contributed by atoms with E-state index in [0.29, 0.717) is 6.54 Å². The zero-order valence-corrected chi connectivity index (χ0v) is 13.6. The lowest BCUT2D eigenvalue weighted by molar-refractivity contribution is -0.121. The summed E-state index contributed by atoms with van der Waals surface area (Å²) in [7, 11) is 0. The molecule has 2 heterocycles. The molecule has 0 aliphatic heterocycles. The molecule has 7 heteroatoms.